The van der Waals surface area contributed by atoms with Crippen molar-refractivity contribution in [2.45, 2.75) is 13.3 Å². The largest absolute Gasteiger partial charge is 0.476 e. The second-order valence-corrected chi connectivity index (χ2v) is 5.51. The number of anilines is 3. The molecule has 0 fully saturated rings. The van der Waals surface area contributed by atoms with Crippen LogP contribution in [0.1, 0.15) is 13.3 Å². The van der Waals surface area contributed by atoms with Gasteiger partial charge in [-0.1, -0.05) is 34.5 Å². The molecule has 1 aromatic carbocycles. The number of aromatic nitrogens is 1. The summed E-state index contributed by atoms with van der Waals surface area (Å²) in [7, 11) is 0. The third kappa shape index (κ3) is 3.77. The SMILES string of the molecule is CCCOc1nc(Nc2cc(Br)ccc2Cl)ccc1N. The van der Waals surface area contributed by atoms with Crippen molar-refractivity contribution in [1.82, 2.24) is 4.98 Å². The average molecular weight is 357 g/mol. The van der Waals surface area contributed by atoms with E-state index in [1.54, 1.807) is 18.2 Å². The summed E-state index contributed by atoms with van der Waals surface area (Å²) in [6.07, 6.45) is 0.899. The van der Waals surface area contributed by atoms with Gasteiger partial charge in [0.25, 0.3) is 0 Å². The number of nitrogen functional groups attached to an aromatic ring is 1. The van der Waals surface area contributed by atoms with Crippen LogP contribution in [0.15, 0.2) is 34.8 Å². The fraction of sp³-hybridized carbons (Fsp3) is 0.214. The highest BCUT2D eigenvalue weighted by molar-refractivity contribution is 9.10. The molecule has 6 heteroatoms. The van der Waals surface area contributed by atoms with Crippen LogP contribution in [0.2, 0.25) is 5.02 Å². The summed E-state index contributed by atoms with van der Waals surface area (Å²) in [5, 5.41) is 3.76. The molecule has 0 bridgehead atoms. The summed E-state index contributed by atoms with van der Waals surface area (Å²) < 4.78 is 6.43. The van der Waals surface area contributed by atoms with Crippen molar-refractivity contribution in [3.8, 4) is 5.88 Å². The van der Waals surface area contributed by atoms with Crippen LogP contribution in [0.5, 0.6) is 5.88 Å². The number of halogens is 2. The number of hydrogen-bond donors (Lipinski definition) is 2. The molecule has 0 saturated carbocycles. The molecule has 0 aliphatic heterocycles. The van der Waals surface area contributed by atoms with Crippen molar-refractivity contribution in [3.05, 3.63) is 39.8 Å². The Bertz CT molecular complexity index is 607. The fourth-order valence-electron chi connectivity index (χ4n) is 1.57. The van der Waals surface area contributed by atoms with Gasteiger partial charge in [-0.25, -0.2) is 0 Å². The lowest BCUT2D eigenvalue weighted by Gasteiger charge is -2.11. The highest BCUT2D eigenvalue weighted by Crippen LogP contribution is 2.29. The lowest BCUT2D eigenvalue weighted by atomic mass is 10.3. The van der Waals surface area contributed by atoms with Gasteiger partial charge >= 0.3 is 0 Å². The second-order valence-electron chi connectivity index (χ2n) is 4.19. The Kier molecular flexibility index (Phi) is 5.09. The zero-order valence-corrected chi connectivity index (χ0v) is 13.3. The number of rotatable bonds is 5. The van der Waals surface area contributed by atoms with Gasteiger partial charge in [-0.2, -0.15) is 4.98 Å². The van der Waals surface area contributed by atoms with Crippen molar-refractivity contribution >= 4 is 44.7 Å². The van der Waals surface area contributed by atoms with E-state index in [0.717, 1.165) is 16.6 Å². The van der Waals surface area contributed by atoms with Gasteiger partial charge in [0.05, 0.1) is 23.0 Å². The van der Waals surface area contributed by atoms with E-state index in [0.29, 0.717) is 29.0 Å². The zero-order valence-electron chi connectivity index (χ0n) is 11.0. The van der Waals surface area contributed by atoms with Crippen LogP contribution in [0.25, 0.3) is 0 Å². The molecule has 2 rings (SSSR count). The number of hydrogen-bond acceptors (Lipinski definition) is 4. The van der Waals surface area contributed by atoms with E-state index in [1.165, 1.54) is 0 Å². The first-order chi connectivity index (χ1) is 9.60. The minimum absolute atomic E-state index is 0.433. The zero-order chi connectivity index (χ0) is 14.5. The minimum atomic E-state index is 0.433. The van der Waals surface area contributed by atoms with E-state index in [2.05, 4.69) is 26.2 Å². The van der Waals surface area contributed by atoms with Gasteiger partial charge in [0.15, 0.2) is 0 Å². The third-order valence-electron chi connectivity index (χ3n) is 2.52. The summed E-state index contributed by atoms with van der Waals surface area (Å²) in [5.41, 5.74) is 7.11. The predicted octanol–water partition coefficient (Wildman–Crippen LogP) is 4.61. The van der Waals surface area contributed by atoms with Crippen molar-refractivity contribution in [3.63, 3.8) is 0 Å². The molecule has 2 aromatic rings. The van der Waals surface area contributed by atoms with Crippen LogP contribution >= 0.6 is 27.5 Å². The van der Waals surface area contributed by atoms with E-state index in [4.69, 9.17) is 22.1 Å². The van der Waals surface area contributed by atoms with Crippen LogP contribution in [-0.4, -0.2) is 11.6 Å². The fourth-order valence-corrected chi connectivity index (χ4v) is 2.09. The third-order valence-corrected chi connectivity index (χ3v) is 3.35. The Hall–Kier alpha value is -1.46. The van der Waals surface area contributed by atoms with Crippen LogP contribution in [0, 0.1) is 0 Å². The molecule has 0 spiro atoms. The molecule has 20 heavy (non-hydrogen) atoms. The van der Waals surface area contributed by atoms with Crippen LogP contribution < -0.4 is 15.8 Å². The number of nitrogens with one attached hydrogen (secondary N) is 1. The Labute approximate surface area is 131 Å². The van der Waals surface area contributed by atoms with Crippen molar-refractivity contribution in [2.24, 2.45) is 0 Å². The van der Waals surface area contributed by atoms with Gasteiger partial charge in [-0.05, 0) is 36.8 Å². The summed E-state index contributed by atoms with van der Waals surface area (Å²) in [4.78, 5) is 4.34. The molecule has 106 valence electrons. The van der Waals surface area contributed by atoms with Crippen LogP contribution in [-0.2, 0) is 0 Å². The molecular formula is C14H15BrClN3O. The van der Waals surface area contributed by atoms with Crippen molar-refractivity contribution < 1.29 is 4.74 Å². The Morgan fingerprint density at radius 3 is 2.90 bits per heavy atom. The first-order valence-electron chi connectivity index (χ1n) is 6.21. The maximum Gasteiger partial charge on any atom is 0.239 e. The van der Waals surface area contributed by atoms with Gasteiger partial charge < -0.3 is 15.8 Å². The van der Waals surface area contributed by atoms with E-state index in [1.807, 2.05) is 19.1 Å². The highest BCUT2D eigenvalue weighted by Gasteiger charge is 2.07. The molecule has 1 aromatic heterocycles. The first-order valence-corrected chi connectivity index (χ1v) is 7.38. The molecule has 1 heterocycles. The van der Waals surface area contributed by atoms with Gasteiger partial charge in [0, 0.05) is 4.47 Å². The lowest BCUT2D eigenvalue weighted by Crippen LogP contribution is -2.03. The Morgan fingerprint density at radius 1 is 1.35 bits per heavy atom. The highest BCUT2D eigenvalue weighted by atomic mass is 79.9. The summed E-state index contributed by atoms with van der Waals surface area (Å²) in [6, 6.07) is 9.10. The summed E-state index contributed by atoms with van der Waals surface area (Å²) in [6.45, 7) is 2.61. The predicted molar refractivity (Wildman–Crippen MR) is 86.9 cm³/mol. The molecule has 3 N–H and O–H groups in total. The standard InChI is InChI=1S/C14H15BrClN3O/c1-2-7-20-14-11(17)5-6-13(19-14)18-12-8-9(15)3-4-10(12)16/h3-6,8H,2,7,17H2,1H3,(H,18,19). The van der Waals surface area contributed by atoms with E-state index in [9.17, 15) is 0 Å². The second kappa shape index (κ2) is 6.81. The Morgan fingerprint density at radius 2 is 2.15 bits per heavy atom. The molecule has 0 unspecified atom stereocenters. The topological polar surface area (TPSA) is 60.2 Å². The van der Waals surface area contributed by atoms with E-state index >= 15 is 0 Å². The molecule has 0 amide bonds. The smallest absolute Gasteiger partial charge is 0.239 e. The van der Waals surface area contributed by atoms with E-state index < -0.39 is 0 Å². The van der Waals surface area contributed by atoms with Crippen LogP contribution in [0.3, 0.4) is 0 Å². The maximum atomic E-state index is 6.13. The first kappa shape index (κ1) is 14.9. The molecule has 0 radical (unpaired) electrons. The average Bonchev–Trinajstić information content (AvgIpc) is 2.43. The van der Waals surface area contributed by atoms with Crippen molar-refractivity contribution in [1.29, 1.82) is 0 Å². The maximum absolute atomic E-state index is 6.13. The monoisotopic (exact) mass is 355 g/mol. The molecule has 0 aliphatic rings. The normalized spacial score (nSPS) is 10.3. The molecular weight excluding hydrogens is 342 g/mol. The Balaban J connectivity index is 2.22. The van der Waals surface area contributed by atoms with E-state index in [-0.39, 0.29) is 0 Å². The number of nitrogens with zero attached hydrogens (tertiary/aromatic N) is 1. The molecule has 0 aliphatic carbocycles. The number of nitrogens with two attached hydrogens (primary N) is 1. The lowest BCUT2D eigenvalue weighted by molar-refractivity contribution is 0.307. The van der Waals surface area contributed by atoms with Gasteiger partial charge in [0.1, 0.15) is 5.82 Å². The summed E-state index contributed by atoms with van der Waals surface area (Å²) in [5.74, 6) is 1.06. The van der Waals surface area contributed by atoms with Gasteiger partial charge in [-0.15, -0.1) is 0 Å². The number of benzene rings is 1. The molecule has 0 saturated heterocycles. The number of pyridine rings is 1. The van der Waals surface area contributed by atoms with Crippen LogP contribution in [0.4, 0.5) is 17.2 Å². The molecule has 4 nitrogen and oxygen atoms in total. The van der Waals surface area contributed by atoms with Gasteiger partial charge in [0.2, 0.25) is 5.88 Å². The summed E-state index contributed by atoms with van der Waals surface area (Å²) >= 11 is 9.54. The minimum Gasteiger partial charge on any atom is -0.476 e. The molecule has 0 atom stereocenters. The number of ether oxygens (including phenoxy) is 1. The van der Waals surface area contributed by atoms with Gasteiger partial charge in [-0.3, -0.25) is 0 Å². The quantitative estimate of drug-likeness (QED) is 0.821. The van der Waals surface area contributed by atoms with Crippen molar-refractivity contribution in [2.75, 3.05) is 17.7 Å².